The number of benzene rings is 1. The molecule has 0 radical (unpaired) electrons. The Balaban J connectivity index is 2.49. The molecule has 2 unspecified atom stereocenters. The van der Waals surface area contributed by atoms with Crippen LogP contribution in [0.1, 0.15) is 90.8 Å². The topological polar surface area (TPSA) is 131 Å². The Morgan fingerprint density at radius 2 is 1.64 bits per heavy atom. The summed E-state index contributed by atoms with van der Waals surface area (Å²) in [5.74, 6) is -1.34. The molecule has 1 saturated carbocycles. The number of nitrogens with two attached hydrogens (primary N) is 1. The molecule has 9 heteroatoms. The van der Waals surface area contributed by atoms with Gasteiger partial charge >= 0.3 is 6.09 Å². The first-order valence-electron chi connectivity index (χ1n) is 12.6. The molecule has 1 aliphatic rings. The van der Waals surface area contributed by atoms with Gasteiger partial charge in [-0.25, -0.2) is 4.79 Å². The molecule has 1 aromatic carbocycles. The van der Waals surface area contributed by atoms with Gasteiger partial charge in [-0.1, -0.05) is 29.8 Å². The zero-order valence-electron chi connectivity index (χ0n) is 22.6. The number of alkyl carbamates (subject to hydrolysis) is 1. The maximum atomic E-state index is 14.1. The lowest BCUT2D eigenvalue weighted by atomic mass is 9.87. The fourth-order valence-electron chi connectivity index (χ4n) is 3.98. The molecular formula is C27H42N4O5. The summed E-state index contributed by atoms with van der Waals surface area (Å²) in [6.07, 6.45) is 1.54. The van der Waals surface area contributed by atoms with Gasteiger partial charge in [0.05, 0.1) is 0 Å². The van der Waals surface area contributed by atoms with Gasteiger partial charge in [-0.3, -0.25) is 14.4 Å². The van der Waals surface area contributed by atoms with Gasteiger partial charge in [0.2, 0.25) is 17.7 Å². The molecule has 2 atom stereocenters. The van der Waals surface area contributed by atoms with Gasteiger partial charge in [-0.15, -0.1) is 0 Å². The molecule has 0 spiro atoms. The van der Waals surface area contributed by atoms with Crippen molar-refractivity contribution in [2.75, 3.05) is 0 Å². The van der Waals surface area contributed by atoms with Crippen LogP contribution in [-0.4, -0.2) is 51.9 Å². The molecule has 0 aliphatic heterocycles. The smallest absolute Gasteiger partial charge is 0.408 e. The highest BCUT2D eigenvalue weighted by Gasteiger charge is 2.42. The Hall–Kier alpha value is -3.10. The van der Waals surface area contributed by atoms with Crippen LogP contribution in [0.2, 0.25) is 0 Å². The fraction of sp³-hybridized carbons (Fsp3) is 0.630. The second-order valence-corrected chi connectivity index (χ2v) is 11.6. The minimum Gasteiger partial charge on any atom is -0.444 e. The lowest BCUT2D eigenvalue weighted by Gasteiger charge is -2.44. The number of aryl methyl sites for hydroxylation is 1. The van der Waals surface area contributed by atoms with E-state index in [-0.39, 0.29) is 24.8 Å². The third-order valence-corrected chi connectivity index (χ3v) is 5.81. The van der Waals surface area contributed by atoms with Gasteiger partial charge in [0, 0.05) is 18.0 Å². The van der Waals surface area contributed by atoms with Crippen LogP contribution in [0.3, 0.4) is 0 Å². The summed E-state index contributed by atoms with van der Waals surface area (Å²) in [5.41, 5.74) is 5.77. The molecular weight excluding hydrogens is 460 g/mol. The lowest BCUT2D eigenvalue weighted by molar-refractivity contribution is -0.148. The molecule has 0 bridgehead atoms. The van der Waals surface area contributed by atoms with Gasteiger partial charge in [0.25, 0.3) is 0 Å². The molecule has 36 heavy (non-hydrogen) atoms. The minimum absolute atomic E-state index is 0.00185. The summed E-state index contributed by atoms with van der Waals surface area (Å²) in [7, 11) is 0. The summed E-state index contributed by atoms with van der Waals surface area (Å²) >= 11 is 0. The van der Waals surface area contributed by atoms with Crippen LogP contribution >= 0.6 is 0 Å². The van der Waals surface area contributed by atoms with E-state index in [1.54, 1.807) is 25.7 Å². The third kappa shape index (κ3) is 8.84. The second-order valence-electron chi connectivity index (χ2n) is 11.6. The first-order chi connectivity index (χ1) is 16.6. The van der Waals surface area contributed by atoms with E-state index in [1.165, 1.54) is 0 Å². The predicted molar refractivity (Wildman–Crippen MR) is 138 cm³/mol. The molecule has 2 rings (SSSR count). The molecule has 200 valence electrons. The van der Waals surface area contributed by atoms with Crippen molar-refractivity contribution in [3.05, 3.63) is 35.4 Å². The van der Waals surface area contributed by atoms with Crippen LogP contribution < -0.4 is 16.4 Å². The van der Waals surface area contributed by atoms with Crippen LogP contribution in [0.25, 0.3) is 0 Å². The molecule has 4 amide bonds. The van der Waals surface area contributed by atoms with Crippen molar-refractivity contribution >= 4 is 23.8 Å². The lowest BCUT2D eigenvalue weighted by Crippen LogP contribution is -2.58. The zero-order valence-corrected chi connectivity index (χ0v) is 22.6. The van der Waals surface area contributed by atoms with Crippen LogP contribution in [0.4, 0.5) is 4.79 Å². The summed E-state index contributed by atoms with van der Waals surface area (Å²) < 4.78 is 5.36. The average Bonchev–Trinajstić information content (AvgIpc) is 2.67. The molecule has 1 aliphatic carbocycles. The molecule has 0 heterocycles. The van der Waals surface area contributed by atoms with E-state index >= 15 is 0 Å². The summed E-state index contributed by atoms with van der Waals surface area (Å²) in [5, 5.41) is 5.64. The first kappa shape index (κ1) is 29.1. The Morgan fingerprint density at radius 1 is 1.06 bits per heavy atom. The minimum atomic E-state index is -1.08. The summed E-state index contributed by atoms with van der Waals surface area (Å²) in [6, 6.07) is 5.34. The molecule has 9 nitrogen and oxygen atoms in total. The average molecular weight is 503 g/mol. The number of primary amides is 1. The van der Waals surface area contributed by atoms with Gasteiger partial charge < -0.3 is 26.0 Å². The van der Waals surface area contributed by atoms with E-state index in [1.807, 2.05) is 52.0 Å². The van der Waals surface area contributed by atoms with Gasteiger partial charge in [0.1, 0.15) is 17.7 Å². The Labute approximate surface area is 214 Å². The highest BCUT2D eigenvalue weighted by molar-refractivity contribution is 5.93. The highest BCUT2D eigenvalue weighted by atomic mass is 16.6. The van der Waals surface area contributed by atoms with Gasteiger partial charge in [-0.2, -0.15) is 0 Å². The van der Waals surface area contributed by atoms with Crippen LogP contribution in [-0.2, 0) is 19.1 Å². The molecule has 0 aromatic heterocycles. The largest absolute Gasteiger partial charge is 0.444 e. The number of nitrogens with one attached hydrogen (secondary N) is 2. The predicted octanol–water partition coefficient (Wildman–Crippen LogP) is 3.49. The summed E-state index contributed by atoms with van der Waals surface area (Å²) in [4.78, 5) is 53.4. The quantitative estimate of drug-likeness (QED) is 0.476. The van der Waals surface area contributed by atoms with Gasteiger partial charge in [-0.05, 0) is 79.7 Å². The Kier molecular flexibility index (Phi) is 9.51. The van der Waals surface area contributed by atoms with Crippen molar-refractivity contribution in [2.45, 2.75) is 110 Å². The number of carbonyl (C=O) groups excluding carboxylic acids is 4. The summed E-state index contributed by atoms with van der Waals surface area (Å²) in [6.45, 7) is 12.8. The maximum Gasteiger partial charge on any atom is 0.408 e. The van der Waals surface area contributed by atoms with E-state index in [9.17, 15) is 19.2 Å². The van der Waals surface area contributed by atoms with Crippen LogP contribution in [0, 0.1) is 6.92 Å². The third-order valence-electron chi connectivity index (χ3n) is 5.81. The van der Waals surface area contributed by atoms with Crippen molar-refractivity contribution in [1.82, 2.24) is 15.5 Å². The fourth-order valence-corrected chi connectivity index (χ4v) is 3.98. The highest BCUT2D eigenvalue weighted by Crippen LogP contribution is 2.34. The van der Waals surface area contributed by atoms with Crippen molar-refractivity contribution in [3.63, 3.8) is 0 Å². The Bertz CT molecular complexity index is 942. The van der Waals surface area contributed by atoms with Crippen LogP contribution in [0.5, 0.6) is 0 Å². The van der Waals surface area contributed by atoms with E-state index in [4.69, 9.17) is 10.5 Å². The zero-order chi connectivity index (χ0) is 27.3. The molecule has 4 N–H and O–H groups in total. The Morgan fingerprint density at radius 3 is 2.08 bits per heavy atom. The number of carbonyl (C=O) groups is 4. The van der Waals surface area contributed by atoms with Crippen molar-refractivity contribution in [3.8, 4) is 0 Å². The number of hydrogen-bond acceptors (Lipinski definition) is 5. The number of amides is 4. The van der Waals surface area contributed by atoms with E-state index in [0.717, 1.165) is 24.8 Å². The second kappa shape index (κ2) is 11.8. The standard InChI is InChI=1S/C27H42N4O5/c1-17-11-13-18(14-12-17)22(23(33)30-26(2,3)4)31(19-9-8-10-19)24(34)20(15-16-21(28)32)29-25(35)36-27(5,6)7/h11-14,19-20,22H,8-10,15-16H2,1-7H3,(H2,28,32)(H,29,35)(H,30,33). The molecule has 1 aromatic rings. The van der Waals surface area contributed by atoms with Gasteiger partial charge in [0.15, 0.2) is 0 Å². The monoisotopic (exact) mass is 502 g/mol. The number of nitrogens with zero attached hydrogens (tertiary/aromatic N) is 1. The van der Waals surface area contributed by atoms with E-state index < -0.39 is 41.1 Å². The van der Waals surface area contributed by atoms with Crippen LogP contribution in [0.15, 0.2) is 24.3 Å². The normalized spacial score (nSPS) is 15.8. The van der Waals surface area contributed by atoms with E-state index in [0.29, 0.717) is 5.56 Å². The number of rotatable bonds is 9. The van der Waals surface area contributed by atoms with Crippen molar-refractivity contribution in [2.24, 2.45) is 5.73 Å². The molecule has 1 fully saturated rings. The van der Waals surface area contributed by atoms with Crippen molar-refractivity contribution in [1.29, 1.82) is 0 Å². The SMILES string of the molecule is Cc1ccc(C(C(=O)NC(C)(C)C)N(C(=O)C(CCC(N)=O)NC(=O)OC(C)(C)C)C2CCC2)cc1. The molecule has 0 saturated heterocycles. The number of ether oxygens (including phenoxy) is 1. The van der Waals surface area contributed by atoms with Crippen molar-refractivity contribution < 1.29 is 23.9 Å². The van der Waals surface area contributed by atoms with E-state index in [2.05, 4.69) is 10.6 Å². The first-order valence-corrected chi connectivity index (χ1v) is 12.6. The maximum absolute atomic E-state index is 14.1. The number of hydrogen-bond donors (Lipinski definition) is 3.